The molecule has 0 aliphatic heterocycles. The highest BCUT2D eigenvalue weighted by Crippen LogP contribution is 2.32. The molecule has 5 heteroatoms. The minimum atomic E-state index is -0.133. The molecule has 3 aromatic rings. The Morgan fingerprint density at radius 1 is 1.08 bits per heavy atom. The topological polar surface area (TPSA) is 51.5 Å². The largest absolute Gasteiger partial charge is 0.469 e. The number of hydrogen-bond donors (Lipinski definition) is 1. The number of carbonyl (C=O) groups excluding carboxylic acids is 1. The van der Waals surface area contributed by atoms with Crippen molar-refractivity contribution < 1.29 is 13.9 Å². The number of rotatable bonds is 6. The standard InChI is InChI=1S/C19H16ClNO3/c20-14-8-10-18(24-16-5-2-1-3-6-16)17(13-14)21-19(22)11-9-15-7-4-12-23-15/h1-8,10,12-13H,9,11H2,(H,21,22). The number of anilines is 1. The predicted octanol–water partition coefficient (Wildman–Crippen LogP) is 5.30. The minimum Gasteiger partial charge on any atom is -0.469 e. The zero-order valence-electron chi connectivity index (χ0n) is 12.9. The van der Waals surface area contributed by atoms with Crippen LogP contribution in [0, 0.1) is 0 Å². The van der Waals surface area contributed by atoms with Crippen LogP contribution in [-0.2, 0) is 11.2 Å². The second-order valence-electron chi connectivity index (χ2n) is 5.18. The SMILES string of the molecule is O=C(CCc1ccco1)Nc1cc(Cl)ccc1Oc1ccccc1. The number of nitrogens with one attached hydrogen (secondary N) is 1. The Labute approximate surface area is 145 Å². The fraction of sp³-hybridized carbons (Fsp3) is 0.105. The van der Waals surface area contributed by atoms with Crippen LogP contribution >= 0.6 is 11.6 Å². The molecule has 1 amide bonds. The van der Waals surface area contributed by atoms with Gasteiger partial charge in [0.1, 0.15) is 11.5 Å². The summed E-state index contributed by atoms with van der Waals surface area (Å²) in [6, 6.07) is 18.1. The average Bonchev–Trinajstić information content (AvgIpc) is 3.10. The summed E-state index contributed by atoms with van der Waals surface area (Å²) in [5, 5.41) is 3.37. The zero-order valence-corrected chi connectivity index (χ0v) is 13.6. The molecule has 4 nitrogen and oxygen atoms in total. The normalized spacial score (nSPS) is 10.4. The first-order chi connectivity index (χ1) is 11.7. The average molecular weight is 342 g/mol. The summed E-state index contributed by atoms with van der Waals surface area (Å²) < 4.78 is 11.1. The fourth-order valence-corrected chi connectivity index (χ4v) is 2.38. The van der Waals surface area contributed by atoms with Crippen molar-refractivity contribution in [2.45, 2.75) is 12.8 Å². The number of aryl methyl sites for hydroxylation is 1. The molecule has 0 aliphatic carbocycles. The van der Waals surface area contributed by atoms with Crippen LogP contribution in [0.5, 0.6) is 11.5 Å². The van der Waals surface area contributed by atoms with Crippen LogP contribution in [0.4, 0.5) is 5.69 Å². The smallest absolute Gasteiger partial charge is 0.224 e. The van der Waals surface area contributed by atoms with Gasteiger partial charge in [-0.05, 0) is 42.5 Å². The molecule has 1 heterocycles. The molecular formula is C19H16ClNO3. The summed E-state index contributed by atoms with van der Waals surface area (Å²) in [4.78, 5) is 12.2. The van der Waals surface area contributed by atoms with E-state index in [1.165, 1.54) is 0 Å². The van der Waals surface area contributed by atoms with E-state index in [1.807, 2.05) is 36.4 Å². The molecule has 0 bridgehead atoms. The number of furan rings is 1. The van der Waals surface area contributed by atoms with Crippen molar-refractivity contribution in [1.82, 2.24) is 0 Å². The lowest BCUT2D eigenvalue weighted by Gasteiger charge is -2.12. The molecule has 0 fully saturated rings. The van der Waals surface area contributed by atoms with E-state index in [1.54, 1.807) is 30.5 Å². The predicted molar refractivity (Wildman–Crippen MR) is 93.6 cm³/mol. The van der Waals surface area contributed by atoms with Gasteiger partial charge in [0.05, 0.1) is 12.0 Å². The van der Waals surface area contributed by atoms with Crippen molar-refractivity contribution in [3.05, 3.63) is 77.7 Å². The number of ether oxygens (including phenoxy) is 1. The molecule has 0 saturated heterocycles. The van der Waals surface area contributed by atoms with Gasteiger partial charge in [0, 0.05) is 17.9 Å². The molecule has 0 saturated carbocycles. The number of benzene rings is 2. The maximum absolute atomic E-state index is 12.2. The summed E-state index contributed by atoms with van der Waals surface area (Å²) in [6.07, 6.45) is 2.44. The van der Waals surface area contributed by atoms with E-state index >= 15 is 0 Å². The van der Waals surface area contributed by atoms with Crippen LogP contribution in [0.1, 0.15) is 12.2 Å². The molecule has 0 aliphatic rings. The van der Waals surface area contributed by atoms with Crippen molar-refractivity contribution >= 4 is 23.2 Å². The Morgan fingerprint density at radius 3 is 2.67 bits per heavy atom. The van der Waals surface area contributed by atoms with Gasteiger partial charge in [0.25, 0.3) is 0 Å². The van der Waals surface area contributed by atoms with Gasteiger partial charge < -0.3 is 14.5 Å². The Morgan fingerprint density at radius 2 is 1.92 bits per heavy atom. The van der Waals surface area contributed by atoms with Crippen LogP contribution in [0.25, 0.3) is 0 Å². The van der Waals surface area contributed by atoms with E-state index in [9.17, 15) is 4.79 Å². The van der Waals surface area contributed by atoms with Crippen LogP contribution in [0.2, 0.25) is 5.02 Å². The van der Waals surface area contributed by atoms with E-state index in [0.717, 1.165) is 5.76 Å². The highest BCUT2D eigenvalue weighted by atomic mass is 35.5. The summed E-state index contributed by atoms with van der Waals surface area (Å²) >= 11 is 6.04. The van der Waals surface area contributed by atoms with Crippen LogP contribution in [0.15, 0.2) is 71.3 Å². The van der Waals surface area contributed by atoms with Crippen LogP contribution in [0.3, 0.4) is 0 Å². The Kier molecular flexibility index (Phi) is 5.18. The van der Waals surface area contributed by atoms with Crippen molar-refractivity contribution in [2.75, 3.05) is 5.32 Å². The van der Waals surface area contributed by atoms with Crippen LogP contribution in [-0.4, -0.2) is 5.91 Å². The van der Waals surface area contributed by atoms with Crippen molar-refractivity contribution in [2.24, 2.45) is 0 Å². The number of hydrogen-bond acceptors (Lipinski definition) is 3. The Hall–Kier alpha value is -2.72. The molecule has 3 rings (SSSR count). The minimum absolute atomic E-state index is 0.133. The molecule has 0 radical (unpaired) electrons. The highest BCUT2D eigenvalue weighted by Gasteiger charge is 2.11. The molecule has 122 valence electrons. The number of halogens is 1. The first-order valence-electron chi connectivity index (χ1n) is 7.55. The van der Waals surface area contributed by atoms with E-state index in [0.29, 0.717) is 35.1 Å². The third-order valence-electron chi connectivity index (χ3n) is 3.37. The first-order valence-corrected chi connectivity index (χ1v) is 7.93. The van der Waals surface area contributed by atoms with E-state index in [4.69, 9.17) is 20.8 Å². The van der Waals surface area contributed by atoms with Crippen molar-refractivity contribution in [3.8, 4) is 11.5 Å². The second-order valence-corrected chi connectivity index (χ2v) is 5.62. The lowest BCUT2D eigenvalue weighted by Crippen LogP contribution is -2.12. The van der Waals surface area contributed by atoms with Gasteiger partial charge in [-0.1, -0.05) is 29.8 Å². The molecule has 0 atom stereocenters. The summed E-state index contributed by atoms with van der Waals surface area (Å²) in [6.45, 7) is 0. The van der Waals surface area contributed by atoms with Gasteiger partial charge in [-0.2, -0.15) is 0 Å². The Bertz CT molecular complexity index is 801. The van der Waals surface area contributed by atoms with Crippen molar-refractivity contribution in [3.63, 3.8) is 0 Å². The maximum Gasteiger partial charge on any atom is 0.224 e. The zero-order chi connectivity index (χ0) is 16.8. The van der Waals surface area contributed by atoms with Gasteiger partial charge >= 0.3 is 0 Å². The van der Waals surface area contributed by atoms with E-state index in [2.05, 4.69) is 5.32 Å². The third kappa shape index (κ3) is 4.40. The van der Waals surface area contributed by atoms with Gasteiger partial charge in [0.2, 0.25) is 5.91 Å². The first kappa shape index (κ1) is 16.1. The van der Waals surface area contributed by atoms with Gasteiger partial charge in [0.15, 0.2) is 5.75 Å². The molecule has 1 N–H and O–H groups in total. The fourth-order valence-electron chi connectivity index (χ4n) is 2.21. The molecule has 0 unspecified atom stereocenters. The number of carbonyl (C=O) groups is 1. The van der Waals surface area contributed by atoms with E-state index < -0.39 is 0 Å². The highest BCUT2D eigenvalue weighted by molar-refractivity contribution is 6.31. The molecule has 0 spiro atoms. The lowest BCUT2D eigenvalue weighted by atomic mass is 10.2. The molecule has 24 heavy (non-hydrogen) atoms. The van der Waals surface area contributed by atoms with Gasteiger partial charge in [-0.25, -0.2) is 0 Å². The summed E-state index contributed by atoms with van der Waals surface area (Å²) in [5.41, 5.74) is 0.538. The van der Waals surface area contributed by atoms with Gasteiger partial charge in [-0.3, -0.25) is 4.79 Å². The van der Waals surface area contributed by atoms with Crippen molar-refractivity contribution in [1.29, 1.82) is 0 Å². The third-order valence-corrected chi connectivity index (χ3v) is 3.60. The monoisotopic (exact) mass is 341 g/mol. The number of para-hydroxylation sites is 1. The molecule has 1 aromatic heterocycles. The Balaban J connectivity index is 1.69. The summed E-state index contributed by atoms with van der Waals surface area (Å²) in [5.74, 6) is 1.87. The second kappa shape index (κ2) is 7.70. The summed E-state index contributed by atoms with van der Waals surface area (Å²) in [7, 11) is 0. The quantitative estimate of drug-likeness (QED) is 0.662. The molecular weight excluding hydrogens is 326 g/mol. The number of amides is 1. The van der Waals surface area contributed by atoms with E-state index in [-0.39, 0.29) is 5.91 Å². The lowest BCUT2D eigenvalue weighted by molar-refractivity contribution is -0.116. The van der Waals surface area contributed by atoms with Gasteiger partial charge in [-0.15, -0.1) is 0 Å². The maximum atomic E-state index is 12.2. The molecule has 2 aromatic carbocycles. The van der Waals surface area contributed by atoms with Crippen LogP contribution < -0.4 is 10.1 Å².